The number of hydrogen-bond acceptors (Lipinski definition) is 6. The molecule has 0 heterocycles. The molecule has 0 atom stereocenters. The SMILES string of the molecule is CCOc1cc(/C=C/C(=O)Nc2ccc(OC)cc2[N+](=O)[O-])cc(Br)c1OCc1ccccc1Cl. The Kier molecular flexibility index (Phi) is 9.11. The number of hydrogen-bond donors (Lipinski definition) is 1. The molecule has 0 aliphatic rings. The third-order valence-electron chi connectivity index (χ3n) is 4.75. The molecule has 0 aliphatic heterocycles. The van der Waals surface area contributed by atoms with Crippen LogP contribution in [0, 0.1) is 10.1 Å². The van der Waals surface area contributed by atoms with Gasteiger partial charge >= 0.3 is 0 Å². The number of carbonyl (C=O) groups is 1. The Morgan fingerprint density at radius 1 is 1.17 bits per heavy atom. The molecule has 0 aromatic heterocycles. The fourth-order valence-electron chi connectivity index (χ4n) is 3.09. The number of nitro groups is 1. The van der Waals surface area contributed by atoms with Crippen LogP contribution >= 0.6 is 27.5 Å². The second kappa shape index (κ2) is 12.2. The van der Waals surface area contributed by atoms with E-state index >= 15 is 0 Å². The number of amides is 1. The zero-order valence-corrected chi connectivity index (χ0v) is 21.3. The van der Waals surface area contributed by atoms with Gasteiger partial charge in [-0.3, -0.25) is 14.9 Å². The largest absolute Gasteiger partial charge is 0.496 e. The number of ether oxygens (including phenoxy) is 3. The van der Waals surface area contributed by atoms with Gasteiger partial charge in [0.15, 0.2) is 11.5 Å². The monoisotopic (exact) mass is 560 g/mol. The van der Waals surface area contributed by atoms with Crippen molar-refractivity contribution < 1.29 is 23.9 Å². The Labute approximate surface area is 215 Å². The quantitative estimate of drug-likeness (QED) is 0.169. The summed E-state index contributed by atoms with van der Waals surface area (Å²) in [4.78, 5) is 23.2. The first-order valence-electron chi connectivity index (χ1n) is 10.5. The van der Waals surface area contributed by atoms with E-state index in [1.54, 1.807) is 24.3 Å². The first-order valence-corrected chi connectivity index (χ1v) is 11.6. The topological polar surface area (TPSA) is 99.9 Å². The van der Waals surface area contributed by atoms with Crippen LogP contribution in [0.1, 0.15) is 18.1 Å². The summed E-state index contributed by atoms with van der Waals surface area (Å²) in [6.07, 6.45) is 2.84. The molecule has 0 unspecified atom stereocenters. The standard InChI is InChI=1S/C25H22BrClN2O6/c1-3-34-23-13-16(12-19(26)25(23)35-15-17-6-4-5-7-20(17)27)8-11-24(30)28-21-10-9-18(33-2)14-22(21)29(31)32/h4-14H,3,15H2,1-2H3,(H,28,30)/b11-8+. The van der Waals surface area contributed by atoms with Crippen molar-refractivity contribution in [2.45, 2.75) is 13.5 Å². The van der Waals surface area contributed by atoms with Crippen LogP contribution in [0.5, 0.6) is 17.2 Å². The van der Waals surface area contributed by atoms with E-state index in [0.717, 1.165) is 5.56 Å². The van der Waals surface area contributed by atoms with Crippen LogP contribution in [-0.2, 0) is 11.4 Å². The molecule has 0 radical (unpaired) electrons. The van der Waals surface area contributed by atoms with Crippen LogP contribution in [0.3, 0.4) is 0 Å². The summed E-state index contributed by atoms with van der Waals surface area (Å²) in [5.41, 5.74) is 1.28. The first-order chi connectivity index (χ1) is 16.8. The van der Waals surface area contributed by atoms with Crippen LogP contribution in [-0.4, -0.2) is 24.5 Å². The van der Waals surface area contributed by atoms with Crippen LogP contribution < -0.4 is 19.5 Å². The molecule has 3 aromatic carbocycles. The Morgan fingerprint density at radius 3 is 2.63 bits per heavy atom. The van der Waals surface area contributed by atoms with Crippen molar-refractivity contribution in [1.29, 1.82) is 0 Å². The number of nitrogens with one attached hydrogen (secondary N) is 1. The minimum Gasteiger partial charge on any atom is -0.496 e. The summed E-state index contributed by atoms with van der Waals surface area (Å²) in [6, 6.07) is 15.1. The van der Waals surface area contributed by atoms with Crippen molar-refractivity contribution in [3.05, 3.63) is 91.4 Å². The number of nitrogens with zero attached hydrogens (tertiary/aromatic N) is 1. The van der Waals surface area contributed by atoms with Gasteiger partial charge in [0, 0.05) is 16.7 Å². The molecular weight excluding hydrogens is 540 g/mol. The second-order valence-corrected chi connectivity index (χ2v) is 8.37. The molecule has 8 nitrogen and oxygen atoms in total. The Hall–Kier alpha value is -3.56. The zero-order valence-electron chi connectivity index (χ0n) is 18.9. The fraction of sp³-hybridized carbons (Fsp3) is 0.160. The average molecular weight is 562 g/mol. The molecule has 1 amide bonds. The number of carbonyl (C=O) groups excluding carboxylic acids is 1. The third-order valence-corrected chi connectivity index (χ3v) is 5.71. The second-order valence-electron chi connectivity index (χ2n) is 7.11. The molecule has 3 aromatic rings. The van der Waals surface area contributed by atoms with Crippen molar-refractivity contribution in [3.63, 3.8) is 0 Å². The van der Waals surface area contributed by atoms with Gasteiger partial charge < -0.3 is 19.5 Å². The van der Waals surface area contributed by atoms with Gasteiger partial charge in [-0.15, -0.1) is 0 Å². The average Bonchev–Trinajstić information content (AvgIpc) is 2.83. The van der Waals surface area contributed by atoms with E-state index < -0.39 is 10.8 Å². The lowest BCUT2D eigenvalue weighted by Gasteiger charge is -2.15. The van der Waals surface area contributed by atoms with Gasteiger partial charge in [0.2, 0.25) is 5.91 Å². The summed E-state index contributed by atoms with van der Waals surface area (Å²) >= 11 is 9.71. The van der Waals surface area contributed by atoms with Crippen molar-refractivity contribution in [3.8, 4) is 17.2 Å². The Morgan fingerprint density at radius 2 is 1.94 bits per heavy atom. The molecule has 0 fully saturated rings. The van der Waals surface area contributed by atoms with E-state index in [0.29, 0.717) is 38.9 Å². The van der Waals surface area contributed by atoms with Gasteiger partial charge in [-0.25, -0.2) is 0 Å². The van der Waals surface area contributed by atoms with Crippen LogP contribution in [0.15, 0.2) is 65.1 Å². The maximum Gasteiger partial charge on any atom is 0.296 e. The van der Waals surface area contributed by atoms with Gasteiger partial charge in [-0.2, -0.15) is 0 Å². The molecule has 0 saturated heterocycles. The van der Waals surface area contributed by atoms with E-state index in [9.17, 15) is 14.9 Å². The summed E-state index contributed by atoms with van der Waals surface area (Å²) in [5, 5.41) is 14.4. The van der Waals surface area contributed by atoms with E-state index in [4.69, 9.17) is 25.8 Å². The summed E-state index contributed by atoms with van der Waals surface area (Å²) < 4.78 is 17.3. The molecule has 3 rings (SSSR count). The van der Waals surface area contributed by atoms with Crippen molar-refractivity contribution in [1.82, 2.24) is 0 Å². The smallest absolute Gasteiger partial charge is 0.296 e. The minimum atomic E-state index is -0.589. The Bertz CT molecular complexity index is 1260. The molecule has 0 bridgehead atoms. The van der Waals surface area contributed by atoms with Gasteiger partial charge in [-0.1, -0.05) is 29.8 Å². The predicted octanol–water partition coefficient (Wildman–Crippen LogP) is 6.65. The lowest BCUT2D eigenvalue weighted by molar-refractivity contribution is -0.384. The van der Waals surface area contributed by atoms with Crippen molar-refractivity contribution >= 4 is 50.9 Å². The maximum atomic E-state index is 12.4. The van der Waals surface area contributed by atoms with E-state index in [1.165, 1.54) is 31.4 Å². The molecular formula is C25H22BrClN2O6. The van der Waals surface area contributed by atoms with Gasteiger partial charge in [0.05, 0.1) is 29.2 Å². The number of rotatable bonds is 10. The molecule has 35 heavy (non-hydrogen) atoms. The predicted molar refractivity (Wildman–Crippen MR) is 138 cm³/mol. The molecule has 0 spiro atoms. The normalized spacial score (nSPS) is 10.7. The number of halogens is 2. The van der Waals surface area contributed by atoms with Crippen LogP contribution in [0.4, 0.5) is 11.4 Å². The summed E-state index contributed by atoms with van der Waals surface area (Å²) in [5.74, 6) is 0.767. The van der Waals surface area contributed by atoms with Gasteiger partial charge in [-0.05, 0) is 64.8 Å². The minimum absolute atomic E-state index is 0.0601. The fourth-order valence-corrected chi connectivity index (χ4v) is 3.86. The lowest BCUT2D eigenvalue weighted by Crippen LogP contribution is -2.09. The summed E-state index contributed by atoms with van der Waals surface area (Å²) in [7, 11) is 1.40. The highest BCUT2D eigenvalue weighted by atomic mass is 79.9. The molecule has 1 N–H and O–H groups in total. The Balaban J connectivity index is 1.77. The first kappa shape index (κ1) is 26.1. The highest BCUT2D eigenvalue weighted by Gasteiger charge is 2.17. The van der Waals surface area contributed by atoms with Crippen molar-refractivity contribution in [2.24, 2.45) is 0 Å². The van der Waals surface area contributed by atoms with E-state index in [-0.39, 0.29) is 18.0 Å². The van der Waals surface area contributed by atoms with E-state index in [1.807, 2.05) is 25.1 Å². The maximum absolute atomic E-state index is 12.4. The molecule has 0 aliphatic carbocycles. The zero-order chi connectivity index (χ0) is 25.4. The molecule has 182 valence electrons. The van der Waals surface area contributed by atoms with Gasteiger partial charge in [0.1, 0.15) is 18.0 Å². The van der Waals surface area contributed by atoms with Crippen LogP contribution in [0.2, 0.25) is 5.02 Å². The summed E-state index contributed by atoms with van der Waals surface area (Å²) in [6.45, 7) is 2.50. The number of methoxy groups -OCH3 is 1. The number of benzene rings is 3. The van der Waals surface area contributed by atoms with Gasteiger partial charge in [0.25, 0.3) is 5.69 Å². The van der Waals surface area contributed by atoms with Crippen LogP contribution in [0.25, 0.3) is 6.08 Å². The van der Waals surface area contributed by atoms with E-state index in [2.05, 4.69) is 21.2 Å². The highest BCUT2D eigenvalue weighted by molar-refractivity contribution is 9.10. The molecule has 10 heteroatoms. The highest BCUT2D eigenvalue weighted by Crippen LogP contribution is 2.38. The van der Waals surface area contributed by atoms with Crippen molar-refractivity contribution in [2.75, 3.05) is 19.0 Å². The number of nitro benzene ring substituents is 1. The number of anilines is 1. The third kappa shape index (κ3) is 6.97. The molecule has 0 saturated carbocycles. The lowest BCUT2D eigenvalue weighted by atomic mass is 10.1.